The van der Waals surface area contributed by atoms with Crippen molar-refractivity contribution < 1.29 is 13.2 Å². The van der Waals surface area contributed by atoms with E-state index < -0.39 is 9.84 Å². The normalized spacial score (nSPS) is 11.2. The maximum atomic E-state index is 12.1. The van der Waals surface area contributed by atoms with Gasteiger partial charge < -0.3 is 5.32 Å². The maximum Gasteiger partial charge on any atom is 0.265 e. The first-order valence-electron chi connectivity index (χ1n) is 4.91. The number of carbonyl (C=O) groups is 1. The van der Waals surface area contributed by atoms with Crippen molar-refractivity contribution >= 4 is 32.4 Å². The van der Waals surface area contributed by atoms with Gasteiger partial charge in [-0.1, -0.05) is 18.2 Å². The molecule has 6 nitrogen and oxygen atoms in total. The molecule has 0 radical (unpaired) electrons. The Morgan fingerprint density at radius 1 is 1.28 bits per heavy atom. The Labute approximate surface area is 108 Å². The lowest BCUT2D eigenvalue weighted by Gasteiger charge is -1.98. The number of benzene rings is 1. The summed E-state index contributed by atoms with van der Waals surface area (Å²) in [6, 6.07) is 7.89. The molecule has 0 spiro atoms. The fourth-order valence-corrected chi connectivity index (χ4v) is 3.25. The summed E-state index contributed by atoms with van der Waals surface area (Å²) in [5, 5.41) is 2.25. The number of hydrogen-bond acceptors (Lipinski definition) is 6. The highest BCUT2D eigenvalue weighted by atomic mass is 32.2. The van der Waals surface area contributed by atoms with E-state index in [9.17, 15) is 13.2 Å². The van der Waals surface area contributed by atoms with Crippen LogP contribution < -0.4 is 5.32 Å². The highest BCUT2D eigenvalue weighted by Gasteiger charge is 2.22. The zero-order chi connectivity index (χ0) is 13.2. The maximum absolute atomic E-state index is 12.1. The number of sulfone groups is 1. The summed E-state index contributed by atoms with van der Waals surface area (Å²) in [5.41, 5.74) is 0. The van der Waals surface area contributed by atoms with E-state index in [0.29, 0.717) is 0 Å². The second-order valence-electron chi connectivity index (χ2n) is 3.38. The lowest BCUT2D eigenvalue weighted by atomic mass is 10.4. The van der Waals surface area contributed by atoms with Gasteiger partial charge >= 0.3 is 0 Å². The number of amides is 1. The molecule has 1 N–H and O–H groups in total. The third-order valence-corrected chi connectivity index (χ3v) is 4.29. The molecule has 8 heteroatoms. The SMILES string of the molecule is CC(=O)Nc1nc(S(=O)(=O)c2ccccc2)ns1. The van der Waals surface area contributed by atoms with E-state index in [0.717, 1.165) is 11.5 Å². The van der Waals surface area contributed by atoms with Gasteiger partial charge in [0, 0.05) is 18.5 Å². The van der Waals surface area contributed by atoms with Crippen LogP contribution in [0.15, 0.2) is 40.4 Å². The fourth-order valence-electron chi connectivity index (χ4n) is 1.23. The number of hydrogen-bond donors (Lipinski definition) is 1. The van der Waals surface area contributed by atoms with Crippen LogP contribution in [0.25, 0.3) is 0 Å². The third kappa shape index (κ3) is 2.54. The van der Waals surface area contributed by atoms with Gasteiger partial charge in [0.2, 0.25) is 20.9 Å². The molecule has 1 amide bonds. The summed E-state index contributed by atoms with van der Waals surface area (Å²) in [7, 11) is -3.72. The third-order valence-electron chi connectivity index (χ3n) is 1.98. The Kier molecular flexibility index (Phi) is 3.39. The molecule has 2 aromatic rings. The van der Waals surface area contributed by atoms with E-state index in [1.807, 2.05) is 0 Å². The van der Waals surface area contributed by atoms with Crippen LogP contribution in [0.5, 0.6) is 0 Å². The highest BCUT2D eigenvalue weighted by molar-refractivity contribution is 7.91. The van der Waals surface area contributed by atoms with Gasteiger partial charge in [-0.25, -0.2) is 8.42 Å². The van der Waals surface area contributed by atoms with Crippen LogP contribution in [-0.2, 0) is 14.6 Å². The van der Waals surface area contributed by atoms with E-state index >= 15 is 0 Å². The Hall–Kier alpha value is -1.80. The minimum Gasteiger partial charge on any atom is -0.301 e. The minimum atomic E-state index is -3.72. The first-order chi connectivity index (χ1) is 8.50. The number of rotatable bonds is 3. The van der Waals surface area contributed by atoms with Crippen LogP contribution in [0.1, 0.15) is 6.92 Å². The zero-order valence-corrected chi connectivity index (χ0v) is 11.0. The second kappa shape index (κ2) is 4.83. The Morgan fingerprint density at radius 2 is 1.94 bits per heavy atom. The van der Waals surface area contributed by atoms with E-state index in [1.54, 1.807) is 18.2 Å². The topological polar surface area (TPSA) is 89.0 Å². The van der Waals surface area contributed by atoms with Crippen molar-refractivity contribution in [3.8, 4) is 0 Å². The number of nitrogens with zero attached hydrogens (tertiary/aromatic N) is 2. The highest BCUT2D eigenvalue weighted by Crippen LogP contribution is 2.21. The lowest BCUT2D eigenvalue weighted by Crippen LogP contribution is -2.07. The van der Waals surface area contributed by atoms with E-state index in [1.165, 1.54) is 19.1 Å². The van der Waals surface area contributed by atoms with Crippen LogP contribution >= 0.6 is 11.5 Å². The lowest BCUT2D eigenvalue weighted by molar-refractivity contribution is -0.114. The molecule has 0 unspecified atom stereocenters. The summed E-state index contributed by atoms with van der Waals surface area (Å²) in [6.45, 7) is 1.31. The van der Waals surface area contributed by atoms with Crippen molar-refractivity contribution in [3.63, 3.8) is 0 Å². The van der Waals surface area contributed by atoms with Gasteiger partial charge in [-0.15, -0.1) is 0 Å². The summed E-state index contributed by atoms with van der Waals surface area (Å²) in [4.78, 5) is 14.7. The Bertz CT molecular complexity index is 665. The van der Waals surface area contributed by atoms with Gasteiger partial charge in [0.05, 0.1) is 4.90 Å². The molecule has 0 fully saturated rings. The van der Waals surface area contributed by atoms with Crippen LogP contribution in [0.4, 0.5) is 5.13 Å². The van der Waals surface area contributed by atoms with Crippen LogP contribution in [0.3, 0.4) is 0 Å². The largest absolute Gasteiger partial charge is 0.301 e. The van der Waals surface area contributed by atoms with Gasteiger partial charge in [-0.05, 0) is 12.1 Å². The Balaban J connectivity index is 2.37. The summed E-state index contributed by atoms with van der Waals surface area (Å²) < 4.78 is 27.9. The quantitative estimate of drug-likeness (QED) is 0.918. The molecule has 0 bridgehead atoms. The van der Waals surface area contributed by atoms with Crippen LogP contribution in [0.2, 0.25) is 0 Å². The number of aromatic nitrogens is 2. The van der Waals surface area contributed by atoms with E-state index in [2.05, 4.69) is 14.7 Å². The monoisotopic (exact) mass is 283 g/mol. The summed E-state index contributed by atoms with van der Waals surface area (Å²) in [6.07, 6.45) is 0. The van der Waals surface area contributed by atoms with Gasteiger partial charge in [0.15, 0.2) is 0 Å². The molecule has 0 saturated carbocycles. The molecule has 0 atom stereocenters. The van der Waals surface area contributed by atoms with Crippen molar-refractivity contribution in [1.29, 1.82) is 0 Å². The summed E-state index contributed by atoms with van der Waals surface area (Å²) in [5.74, 6) is -0.324. The molecule has 18 heavy (non-hydrogen) atoms. The summed E-state index contributed by atoms with van der Waals surface area (Å²) >= 11 is 0.827. The molecule has 1 aromatic heterocycles. The molecule has 0 aliphatic heterocycles. The van der Waals surface area contributed by atoms with Crippen molar-refractivity contribution in [2.24, 2.45) is 0 Å². The fraction of sp³-hybridized carbons (Fsp3) is 0.100. The number of anilines is 1. The molecule has 1 heterocycles. The van der Waals surface area contributed by atoms with Crippen molar-refractivity contribution in [2.75, 3.05) is 5.32 Å². The van der Waals surface area contributed by atoms with Gasteiger partial charge in [0.25, 0.3) is 5.16 Å². The van der Waals surface area contributed by atoms with Crippen LogP contribution in [0, 0.1) is 0 Å². The van der Waals surface area contributed by atoms with E-state index in [-0.39, 0.29) is 21.1 Å². The predicted molar refractivity (Wildman–Crippen MR) is 66.1 cm³/mol. The predicted octanol–water partition coefficient (Wildman–Crippen LogP) is 1.33. The minimum absolute atomic E-state index is 0.122. The molecule has 94 valence electrons. The first-order valence-corrected chi connectivity index (χ1v) is 7.17. The van der Waals surface area contributed by atoms with Crippen molar-refractivity contribution in [2.45, 2.75) is 17.0 Å². The standard InChI is InChI=1S/C10H9N3O3S2/c1-7(14)11-9-12-10(13-17-9)18(15,16)8-5-3-2-4-6-8/h2-6H,1H3,(H,11,12,13,14). The van der Waals surface area contributed by atoms with E-state index in [4.69, 9.17) is 0 Å². The number of carbonyl (C=O) groups excluding carboxylic acids is 1. The first kappa shape index (κ1) is 12.7. The van der Waals surface area contributed by atoms with Gasteiger partial charge in [-0.2, -0.15) is 9.36 Å². The van der Waals surface area contributed by atoms with Crippen molar-refractivity contribution in [3.05, 3.63) is 30.3 Å². The van der Waals surface area contributed by atoms with Crippen LogP contribution in [-0.4, -0.2) is 23.7 Å². The van der Waals surface area contributed by atoms with Gasteiger partial charge in [-0.3, -0.25) is 4.79 Å². The Morgan fingerprint density at radius 3 is 2.56 bits per heavy atom. The average Bonchev–Trinajstić information content (AvgIpc) is 2.78. The zero-order valence-electron chi connectivity index (χ0n) is 9.32. The molecule has 0 aliphatic carbocycles. The smallest absolute Gasteiger partial charge is 0.265 e. The van der Waals surface area contributed by atoms with Gasteiger partial charge in [0.1, 0.15) is 0 Å². The van der Waals surface area contributed by atoms with Crippen molar-refractivity contribution in [1.82, 2.24) is 9.36 Å². The number of nitrogens with one attached hydrogen (secondary N) is 1. The second-order valence-corrected chi connectivity index (χ2v) is 5.98. The average molecular weight is 283 g/mol. The molecule has 0 aliphatic rings. The molecule has 2 rings (SSSR count). The molecular weight excluding hydrogens is 274 g/mol. The molecule has 1 aromatic carbocycles. The molecule has 0 saturated heterocycles. The molecular formula is C10H9N3O3S2.